The standard InChI is InChI=1S/C34H46N6O5.C14H20N2O3.C5H13N.C3H8/c1-4-10-27(40-18-8-9-19-40)22-36-34(45)29(21-33(43)44)39-32(42)23-35-31(41)20-25-14-16-26(17-15-25)37-30(11-5-2)38-28-13-7-6-12-24(28)3;17-10-6-2-1-5-9-16(12-14(18)19)11-13-7-3-4-8-15-13;1-3-4-5-6-2;1-3-2/h6-7,10-17,29,37-38H,4-5,8-9,18-23H2,1-3H3,(H,35,41)(H,36,45)(H,39,42)(H,43,44);3-4,7-8,10H,1-2,5-6,9,11-12H2,(H,18,19);6H,3-5H2,1-2H3;3H2,1-2H3/b27-10+,30-11-;;;. The second kappa shape index (κ2) is 40.9. The van der Waals surface area contributed by atoms with Crippen molar-refractivity contribution in [2.24, 2.45) is 0 Å². The molecule has 2 heterocycles. The van der Waals surface area contributed by atoms with E-state index in [4.69, 9.17) is 5.11 Å². The maximum Gasteiger partial charge on any atom is 0.317 e. The van der Waals surface area contributed by atoms with Crippen molar-refractivity contribution in [3.05, 3.63) is 113 Å². The van der Waals surface area contributed by atoms with Crippen molar-refractivity contribution in [3.63, 3.8) is 0 Å². The summed E-state index contributed by atoms with van der Waals surface area (Å²) in [5.74, 6) is -2.81. The Morgan fingerprint density at radius 2 is 1.47 bits per heavy atom. The van der Waals surface area contributed by atoms with Crippen LogP contribution >= 0.6 is 0 Å². The summed E-state index contributed by atoms with van der Waals surface area (Å²) in [6.45, 7) is 16.7. The fourth-order valence-corrected chi connectivity index (χ4v) is 7.19. The topological polar surface area (TPSA) is 234 Å². The molecule has 404 valence electrons. The third-order valence-electron chi connectivity index (χ3n) is 10.8. The minimum Gasteiger partial charge on any atom is -0.481 e. The molecule has 0 saturated carbocycles. The number of benzene rings is 2. The summed E-state index contributed by atoms with van der Waals surface area (Å²) in [6.07, 6.45) is 17.2. The van der Waals surface area contributed by atoms with E-state index in [2.05, 4.69) is 75.6 Å². The maximum atomic E-state index is 12.8. The van der Waals surface area contributed by atoms with Gasteiger partial charge in [-0.1, -0.05) is 96.4 Å². The molecule has 0 radical (unpaired) electrons. The van der Waals surface area contributed by atoms with Crippen LogP contribution in [0.1, 0.15) is 128 Å². The van der Waals surface area contributed by atoms with Crippen molar-refractivity contribution in [1.29, 1.82) is 0 Å². The van der Waals surface area contributed by atoms with Gasteiger partial charge in [0.05, 0.1) is 38.2 Å². The van der Waals surface area contributed by atoms with Crippen LogP contribution in [0.2, 0.25) is 0 Å². The van der Waals surface area contributed by atoms with Gasteiger partial charge in [-0.15, -0.1) is 0 Å². The Hall–Kier alpha value is -6.59. The lowest BCUT2D eigenvalue weighted by Gasteiger charge is -2.23. The van der Waals surface area contributed by atoms with Crippen LogP contribution in [0.15, 0.2) is 96.6 Å². The second-order valence-corrected chi connectivity index (χ2v) is 17.6. The lowest BCUT2D eigenvalue weighted by molar-refractivity contribution is -0.141. The van der Waals surface area contributed by atoms with E-state index < -0.39 is 36.2 Å². The van der Waals surface area contributed by atoms with Gasteiger partial charge in [0.25, 0.3) is 0 Å². The molecule has 2 aromatic carbocycles. The molecule has 0 spiro atoms. The van der Waals surface area contributed by atoms with Gasteiger partial charge in [-0.25, -0.2) is 0 Å². The highest BCUT2D eigenvalue weighted by molar-refractivity contribution is 5.92. The minimum absolute atomic E-state index is 0.0181. The highest BCUT2D eigenvalue weighted by Gasteiger charge is 2.25. The number of allylic oxidation sites excluding steroid dienone is 2. The molecule has 1 fully saturated rings. The zero-order chi connectivity index (χ0) is 54.1. The minimum atomic E-state index is -1.26. The molecule has 0 bridgehead atoms. The fourth-order valence-electron chi connectivity index (χ4n) is 7.19. The van der Waals surface area contributed by atoms with E-state index in [1.165, 1.54) is 19.3 Å². The molecule has 0 aliphatic carbocycles. The zero-order valence-electron chi connectivity index (χ0n) is 44.8. The van der Waals surface area contributed by atoms with Crippen molar-refractivity contribution in [2.45, 2.75) is 138 Å². The average Bonchev–Trinajstić information content (AvgIpc) is 3.91. The lowest BCUT2D eigenvalue weighted by atomic mass is 10.1. The van der Waals surface area contributed by atoms with E-state index in [1.807, 2.05) is 98.6 Å². The average molecular weight is 1010 g/mol. The van der Waals surface area contributed by atoms with Crippen LogP contribution in [-0.2, 0) is 41.7 Å². The third kappa shape index (κ3) is 31.5. The molecular weight excluding hydrogens is 927 g/mol. The molecular formula is C56H87N9O8. The summed E-state index contributed by atoms with van der Waals surface area (Å²) in [4.78, 5) is 78.6. The molecule has 17 nitrogen and oxygen atoms in total. The molecule has 1 aliphatic rings. The van der Waals surface area contributed by atoms with E-state index in [1.54, 1.807) is 6.20 Å². The number of aryl methyl sites for hydroxylation is 1. The van der Waals surface area contributed by atoms with Crippen LogP contribution in [0.3, 0.4) is 0 Å². The van der Waals surface area contributed by atoms with Gasteiger partial charge in [-0.2, -0.15) is 0 Å². The summed E-state index contributed by atoms with van der Waals surface area (Å²) in [6, 6.07) is 19.8. The number of carboxylic acids is 2. The fraction of sp³-hybridized carbons (Fsp3) is 0.518. The van der Waals surface area contributed by atoms with Crippen molar-refractivity contribution in [3.8, 4) is 0 Å². The highest BCUT2D eigenvalue weighted by atomic mass is 16.4. The normalized spacial score (nSPS) is 12.4. The van der Waals surface area contributed by atoms with Crippen LogP contribution in [0.25, 0.3) is 0 Å². The number of hydrogen-bond acceptors (Lipinski definition) is 12. The first kappa shape index (κ1) is 64.4. The number of carboxylic acid groups (broad SMARTS) is 2. The SMILES string of the molecule is CC/C=C(/Nc1ccc(CC(=O)NCC(=O)NC(CC(=O)O)C(=O)NC/C(=C\CC)N2CCCC2)cc1)Nc1ccccc1C.CCC.CCCCNC.O=CCCCCCN(CC(=O)O)Cc1ccccn1. The number of carbonyl (C=O) groups is 6. The number of likely N-dealkylation sites (tertiary alicyclic amines) is 1. The molecule has 17 heteroatoms. The number of nitrogens with zero attached hydrogens (tertiary/aromatic N) is 3. The van der Waals surface area contributed by atoms with E-state index in [-0.39, 0.29) is 32.0 Å². The third-order valence-corrected chi connectivity index (χ3v) is 10.8. The molecule has 8 N–H and O–H groups in total. The molecule has 1 saturated heterocycles. The van der Waals surface area contributed by atoms with Gasteiger partial charge in [0, 0.05) is 49.3 Å². The van der Waals surface area contributed by atoms with Crippen LogP contribution in [0.4, 0.5) is 11.4 Å². The van der Waals surface area contributed by atoms with Crippen LogP contribution in [0.5, 0.6) is 0 Å². The van der Waals surface area contributed by atoms with Gasteiger partial charge in [-0.05, 0) is 120 Å². The number of carbonyl (C=O) groups excluding carboxylic acids is 4. The number of anilines is 2. The van der Waals surface area contributed by atoms with E-state index >= 15 is 0 Å². The molecule has 1 unspecified atom stereocenters. The Morgan fingerprint density at radius 1 is 0.781 bits per heavy atom. The summed E-state index contributed by atoms with van der Waals surface area (Å²) in [5, 5.41) is 35.8. The van der Waals surface area contributed by atoms with E-state index in [0.29, 0.717) is 19.5 Å². The van der Waals surface area contributed by atoms with Gasteiger partial charge < -0.3 is 51.8 Å². The molecule has 4 rings (SSSR count). The number of para-hydroxylation sites is 1. The van der Waals surface area contributed by atoms with Gasteiger partial charge in [0.2, 0.25) is 17.7 Å². The first-order chi connectivity index (χ1) is 35.2. The van der Waals surface area contributed by atoms with Crippen LogP contribution in [0, 0.1) is 6.92 Å². The quantitative estimate of drug-likeness (QED) is 0.0233. The number of rotatable bonds is 30. The van der Waals surface area contributed by atoms with Gasteiger partial charge >= 0.3 is 11.9 Å². The maximum absolute atomic E-state index is 12.8. The number of unbranched alkanes of at least 4 members (excludes halogenated alkanes) is 4. The molecule has 3 aromatic rings. The second-order valence-electron chi connectivity index (χ2n) is 17.6. The summed E-state index contributed by atoms with van der Waals surface area (Å²) < 4.78 is 0. The number of amides is 3. The Morgan fingerprint density at radius 3 is 2.04 bits per heavy atom. The summed E-state index contributed by atoms with van der Waals surface area (Å²) in [7, 11) is 1.98. The van der Waals surface area contributed by atoms with E-state index in [0.717, 1.165) is 111 Å². The molecule has 1 aliphatic heterocycles. The Bertz CT molecular complexity index is 2070. The Balaban J connectivity index is 0.000000779. The van der Waals surface area contributed by atoms with Gasteiger partial charge in [0.1, 0.15) is 18.1 Å². The lowest BCUT2D eigenvalue weighted by Crippen LogP contribution is -2.51. The van der Waals surface area contributed by atoms with Crippen molar-refractivity contribution >= 4 is 47.3 Å². The molecule has 3 amide bonds. The van der Waals surface area contributed by atoms with E-state index in [9.17, 15) is 33.9 Å². The number of aliphatic carboxylic acids is 2. The first-order valence-corrected chi connectivity index (χ1v) is 26.0. The van der Waals surface area contributed by atoms with Gasteiger partial charge in [-0.3, -0.25) is 33.9 Å². The van der Waals surface area contributed by atoms with Crippen molar-refractivity contribution in [2.75, 3.05) is 63.5 Å². The molecule has 1 atom stereocenters. The van der Waals surface area contributed by atoms with Gasteiger partial charge in [0.15, 0.2) is 0 Å². The molecule has 73 heavy (non-hydrogen) atoms. The first-order valence-electron chi connectivity index (χ1n) is 26.0. The number of nitrogens with one attached hydrogen (secondary N) is 6. The number of aromatic nitrogens is 1. The summed E-state index contributed by atoms with van der Waals surface area (Å²) >= 11 is 0. The number of pyridine rings is 1. The smallest absolute Gasteiger partial charge is 0.317 e. The predicted molar refractivity (Wildman–Crippen MR) is 293 cm³/mol. The van der Waals surface area contributed by atoms with Crippen LogP contribution < -0.4 is 31.9 Å². The zero-order valence-corrected chi connectivity index (χ0v) is 44.8. The van der Waals surface area contributed by atoms with Crippen molar-refractivity contribution < 1.29 is 39.0 Å². The Kier molecular flexibility index (Phi) is 36.1. The monoisotopic (exact) mass is 1010 g/mol. The highest BCUT2D eigenvalue weighted by Crippen LogP contribution is 2.19. The largest absolute Gasteiger partial charge is 0.481 e. The number of hydrogen-bond donors (Lipinski definition) is 8. The van der Waals surface area contributed by atoms with Crippen LogP contribution in [-0.4, -0.2) is 120 Å². The summed E-state index contributed by atoms with van der Waals surface area (Å²) in [5.41, 5.74) is 5.59. The number of aldehydes is 1. The molecule has 1 aromatic heterocycles. The van der Waals surface area contributed by atoms with Crippen molar-refractivity contribution in [1.82, 2.24) is 36.1 Å². The predicted octanol–water partition coefficient (Wildman–Crippen LogP) is 8.04. The Labute approximate surface area is 435 Å².